The number of hydrogen-bond acceptors (Lipinski definition) is 5. The minimum absolute atomic E-state index is 0.0297. The van der Waals surface area contributed by atoms with Gasteiger partial charge in [0.1, 0.15) is 11.5 Å². The minimum atomic E-state index is -4.92. The number of aromatic nitrogens is 2. The third kappa shape index (κ3) is 5.16. The van der Waals surface area contributed by atoms with E-state index in [1.165, 1.54) is 0 Å². The van der Waals surface area contributed by atoms with Crippen LogP contribution in [0.25, 0.3) is 0 Å². The first-order chi connectivity index (χ1) is 14.7. The average molecular weight is 485 g/mol. The van der Waals surface area contributed by atoms with Gasteiger partial charge in [-0.2, -0.15) is 26.3 Å². The SMILES string of the molecule is O=C(NCC1CC(S(=O)(=O)c2cc(F)cc(C(F)(F)F)c2)C1)c1ccnc(C(F)(F)F)n1. The first-order valence-corrected chi connectivity index (χ1v) is 10.5. The Kier molecular flexibility index (Phi) is 6.19. The monoisotopic (exact) mass is 485 g/mol. The van der Waals surface area contributed by atoms with Crippen LogP contribution in [0.3, 0.4) is 0 Å². The van der Waals surface area contributed by atoms with Gasteiger partial charge in [0.2, 0.25) is 5.82 Å². The highest BCUT2D eigenvalue weighted by molar-refractivity contribution is 7.92. The Balaban J connectivity index is 1.61. The second-order valence-corrected chi connectivity index (χ2v) is 9.38. The number of nitrogens with one attached hydrogen (secondary N) is 1. The van der Waals surface area contributed by atoms with Crippen molar-refractivity contribution in [1.82, 2.24) is 15.3 Å². The molecule has 0 spiro atoms. The highest BCUT2D eigenvalue weighted by atomic mass is 32.2. The third-order valence-electron chi connectivity index (χ3n) is 4.85. The summed E-state index contributed by atoms with van der Waals surface area (Å²) in [4.78, 5) is 17.4. The van der Waals surface area contributed by atoms with Crippen molar-refractivity contribution >= 4 is 15.7 Å². The highest BCUT2D eigenvalue weighted by Gasteiger charge is 2.41. The van der Waals surface area contributed by atoms with E-state index >= 15 is 0 Å². The van der Waals surface area contributed by atoms with Crippen molar-refractivity contribution in [1.29, 1.82) is 0 Å². The van der Waals surface area contributed by atoms with Gasteiger partial charge in [-0.3, -0.25) is 4.79 Å². The van der Waals surface area contributed by atoms with E-state index in [-0.39, 0.29) is 25.5 Å². The van der Waals surface area contributed by atoms with Gasteiger partial charge in [0, 0.05) is 12.7 Å². The number of rotatable bonds is 5. The van der Waals surface area contributed by atoms with Crippen LogP contribution in [0.2, 0.25) is 0 Å². The molecule has 1 heterocycles. The topological polar surface area (TPSA) is 89.0 Å². The Hall–Kier alpha value is -2.77. The molecule has 1 aromatic heterocycles. The third-order valence-corrected chi connectivity index (χ3v) is 7.01. The Morgan fingerprint density at radius 1 is 1.06 bits per heavy atom. The predicted octanol–water partition coefficient (Wildman–Crippen LogP) is 3.64. The molecule has 6 nitrogen and oxygen atoms in total. The van der Waals surface area contributed by atoms with E-state index in [9.17, 15) is 43.9 Å². The number of halogens is 7. The van der Waals surface area contributed by atoms with Crippen LogP contribution in [0.1, 0.15) is 34.7 Å². The second kappa shape index (κ2) is 8.30. The molecule has 1 N–H and O–H groups in total. The van der Waals surface area contributed by atoms with E-state index in [2.05, 4.69) is 15.3 Å². The van der Waals surface area contributed by atoms with Crippen LogP contribution >= 0.6 is 0 Å². The van der Waals surface area contributed by atoms with Crippen molar-refractivity contribution in [2.45, 2.75) is 35.3 Å². The van der Waals surface area contributed by atoms with Crippen LogP contribution < -0.4 is 5.32 Å². The van der Waals surface area contributed by atoms with Gasteiger partial charge < -0.3 is 5.32 Å². The average Bonchev–Trinajstić information content (AvgIpc) is 2.64. The van der Waals surface area contributed by atoms with Crippen LogP contribution in [-0.4, -0.2) is 36.1 Å². The van der Waals surface area contributed by atoms with Gasteiger partial charge in [-0.05, 0) is 43.0 Å². The molecule has 1 saturated carbocycles. The number of carbonyl (C=O) groups excluding carboxylic acids is 1. The standard InChI is InChI=1S/C18H14F7N3O3S/c19-11-5-10(17(20,21)22)6-13(7-11)32(30,31)12-3-9(4-12)8-27-15(29)14-1-2-26-16(28-14)18(23,24)25/h1-2,5-7,9,12H,3-4,8H2,(H,27,29). The summed E-state index contributed by atoms with van der Waals surface area (Å²) in [6.45, 7) is -0.0901. The summed E-state index contributed by atoms with van der Waals surface area (Å²) >= 11 is 0. The number of alkyl halides is 6. The first kappa shape index (κ1) is 23.9. The number of amides is 1. The molecular formula is C18H14F7N3O3S. The number of nitrogens with zero attached hydrogens (tertiary/aromatic N) is 2. The molecule has 1 fully saturated rings. The fraction of sp³-hybridized carbons (Fsp3) is 0.389. The van der Waals surface area contributed by atoms with E-state index in [0.717, 1.165) is 12.3 Å². The smallest absolute Gasteiger partial charge is 0.350 e. The van der Waals surface area contributed by atoms with Crippen molar-refractivity contribution < 1.29 is 43.9 Å². The van der Waals surface area contributed by atoms with Crippen molar-refractivity contribution in [3.63, 3.8) is 0 Å². The van der Waals surface area contributed by atoms with E-state index in [0.29, 0.717) is 12.1 Å². The number of sulfone groups is 1. The summed E-state index contributed by atoms with van der Waals surface area (Å²) in [5.74, 6) is -4.15. The van der Waals surface area contributed by atoms with E-state index in [1.54, 1.807) is 0 Å². The highest BCUT2D eigenvalue weighted by Crippen LogP contribution is 2.38. The maximum atomic E-state index is 13.5. The second-order valence-electron chi connectivity index (χ2n) is 7.15. The maximum Gasteiger partial charge on any atom is 0.451 e. The lowest BCUT2D eigenvalue weighted by Gasteiger charge is -2.35. The van der Waals surface area contributed by atoms with Crippen LogP contribution in [0.5, 0.6) is 0 Å². The zero-order valence-corrected chi connectivity index (χ0v) is 16.7. The van der Waals surface area contributed by atoms with Gasteiger partial charge in [0.05, 0.1) is 15.7 Å². The van der Waals surface area contributed by atoms with Gasteiger partial charge in [0.25, 0.3) is 5.91 Å². The summed E-state index contributed by atoms with van der Waals surface area (Å²) < 4.78 is 115. The predicted molar refractivity (Wildman–Crippen MR) is 94.5 cm³/mol. The van der Waals surface area contributed by atoms with Crippen molar-refractivity contribution in [3.8, 4) is 0 Å². The fourth-order valence-corrected chi connectivity index (χ4v) is 5.13. The zero-order chi connectivity index (χ0) is 23.9. The molecule has 3 rings (SSSR count). The quantitative estimate of drug-likeness (QED) is 0.654. The van der Waals surface area contributed by atoms with E-state index in [1.807, 2.05) is 0 Å². The van der Waals surface area contributed by atoms with E-state index < -0.39 is 67.1 Å². The molecule has 0 saturated heterocycles. The summed E-state index contributed by atoms with van der Waals surface area (Å²) in [7, 11) is -4.25. The molecule has 32 heavy (non-hydrogen) atoms. The minimum Gasteiger partial charge on any atom is -0.350 e. The summed E-state index contributed by atoms with van der Waals surface area (Å²) in [5, 5.41) is 1.25. The van der Waals surface area contributed by atoms with Crippen LogP contribution in [-0.2, 0) is 22.2 Å². The molecule has 174 valence electrons. The van der Waals surface area contributed by atoms with Gasteiger partial charge in [0.15, 0.2) is 9.84 Å². The number of hydrogen-bond donors (Lipinski definition) is 1. The van der Waals surface area contributed by atoms with Gasteiger partial charge in [-0.15, -0.1) is 0 Å². The van der Waals surface area contributed by atoms with Gasteiger partial charge in [-0.25, -0.2) is 22.8 Å². The lowest BCUT2D eigenvalue weighted by Crippen LogP contribution is -2.42. The molecule has 1 amide bonds. The Morgan fingerprint density at radius 2 is 1.72 bits per heavy atom. The first-order valence-electron chi connectivity index (χ1n) is 8.98. The molecule has 14 heteroatoms. The molecule has 1 aromatic carbocycles. The number of benzene rings is 1. The lowest BCUT2D eigenvalue weighted by molar-refractivity contribution is -0.145. The van der Waals surface area contributed by atoms with E-state index in [4.69, 9.17) is 0 Å². The maximum absolute atomic E-state index is 13.5. The zero-order valence-electron chi connectivity index (χ0n) is 15.8. The molecule has 0 atom stereocenters. The van der Waals surface area contributed by atoms with Crippen LogP contribution in [0.4, 0.5) is 30.7 Å². The Bertz CT molecular complexity index is 1130. The molecule has 0 bridgehead atoms. The van der Waals surface area contributed by atoms with Gasteiger partial charge >= 0.3 is 12.4 Å². The Morgan fingerprint density at radius 3 is 2.31 bits per heavy atom. The van der Waals surface area contributed by atoms with Crippen LogP contribution in [0.15, 0.2) is 35.4 Å². The lowest BCUT2D eigenvalue weighted by atomic mass is 9.85. The molecule has 1 aliphatic carbocycles. The van der Waals surface area contributed by atoms with Crippen molar-refractivity contribution in [3.05, 3.63) is 53.4 Å². The van der Waals surface area contributed by atoms with Crippen molar-refractivity contribution in [2.75, 3.05) is 6.54 Å². The van der Waals surface area contributed by atoms with Crippen molar-refractivity contribution in [2.24, 2.45) is 5.92 Å². The van der Waals surface area contributed by atoms with Gasteiger partial charge in [-0.1, -0.05) is 0 Å². The fourth-order valence-electron chi connectivity index (χ4n) is 3.13. The molecule has 2 aromatic rings. The number of carbonyl (C=O) groups is 1. The van der Waals surface area contributed by atoms with Crippen LogP contribution in [0, 0.1) is 11.7 Å². The molecular weight excluding hydrogens is 471 g/mol. The molecule has 0 radical (unpaired) electrons. The Labute approximate surface area is 176 Å². The summed E-state index contributed by atoms with van der Waals surface area (Å²) in [6.07, 6.45) is -9.05. The molecule has 0 unspecified atom stereocenters. The summed E-state index contributed by atoms with van der Waals surface area (Å²) in [5.41, 5.74) is -1.96. The largest absolute Gasteiger partial charge is 0.451 e. The molecule has 0 aliphatic heterocycles. The summed E-state index contributed by atoms with van der Waals surface area (Å²) in [6, 6.07) is 2.03. The molecule has 1 aliphatic rings. The normalized spacial score (nSPS) is 19.3.